The fraction of sp³-hybridized carbons (Fsp3) is 0.185. The molecular formula is C27H25N3O3S. The Bertz CT molecular complexity index is 1590. The second-order valence-electron chi connectivity index (χ2n) is 8.19. The van der Waals surface area contributed by atoms with Crippen molar-refractivity contribution in [2.45, 2.75) is 25.2 Å². The minimum atomic E-state index is -3.35. The second kappa shape index (κ2) is 8.91. The van der Waals surface area contributed by atoms with E-state index >= 15 is 0 Å². The SMILES string of the molecule is CCS(=O)(=O)c1cccc(-n2c3ncc(C)cc3c3cccc(OCCc4ccccn4)c32)c1. The van der Waals surface area contributed by atoms with Crippen molar-refractivity contribution >= 4 is 31.8 Å². The lowest BCUT2D eigenvalue weighted by Gasteiger charge is -2.13. The lowest BCUT2D eigenvalue weighted by atomic mass is 10.1. The molecule has 0 aliphatic heterocycles. The molecule has 6 nitrogen and oxygen atoms in total. The molecule has 3 aromatic heterocycles. The van der Waals surface area contributed by atoms with E-state index in [9.17, 15) is 8.42 Å². The van der Waals surface area contributed by atoms with Crippen LogP contribution in [0.4, 0.5) is 0 Å². The van der Waals surface area contributed by atoms with Crippen LogP contribution in [0.25, 0.3) is 27.6 Å². The van der Waals surface area contributed by atoms with E-state index < -0.39 is 9.84 Å². The topological polar surface area (TPSA) is 74.1 Å². The quantitative estimate of drug-likeness (QED) is 0.322. The van der Waals surface area contributed by atoms with Crippen LogP contribution in [0.5, 0.6) is 5.75 Å². The minimum absolute atomic E-state index is 0.0446. The van der Waals surface area contributed by atoms with Crippen LogP contribution in [0.2, 0.25) is 0 Å². The Hall–Kier alpha value is -3.71. The number of fused-ring (bicyclic) bond motifs is 3. The van der Waals surface area contributed by atoms with Crippen molar-refractivity contribution in [2.24, 2.45) is 0 Å². The van der Waals surface area contributed by atoms with Gasteiger partial charge in [-0.15, -0.1) is 0 Å². The Kier molecular flexibility index (Phi) is 5.79. The lowest BCUT2D eigenvalue weighted by Crippen LogP contribution is -2.06. The molecule has 0 aliphatic rings. The molecule has 0 aliphatic carbocycles. The van der Waals surface area contributed by atoms with Gasteiger partial charge in [0.1, 0.15) is 11.4 Å². The summed E-state index contributed by atoms with van der Waals surface area (Å²) < 4.78 is 33.4. The van der Waals surface area contributed by atoms with E-state index in [-0.39, 0.29) is 5.75 Å². The van der Waals surface area contributed by atoms with Gasteiger partial charge in [0.05, 0.1) is 22.8 Å². The van der Waals surface area contributed by atoms with E-state index in [0.717, 1.165) is 38.9 Å². The van der Waals surface area contributed by atoms with E-state index in [4.69, 9.17) is 9.72 Å². The van der Waals surface area contributed by atoms with Crippen LogP contribution in [0.3, 0.4) is 0 Å². The monoisotopic (exact) mass is 471 g/mol. The van der Waals surface area contributed by atoms with Gasteiger partial charge >= 0.3 is 0 Å². The third kappa shape index (κ3) is 4.03. The van der Waals surface area contributed by atoms with Crippen LogP contribution < -0.4 is 4.74 Å². The van der Waals surface area contributed by atoms with Gasteiger partial charge in [-0.3, -0.25) is 9.55 Å². The van der Waals surface area contributed by atoms with E-state index in [1.165, 1.54) is 0 Å². The summed E-state index contributed by atoms with van der Waals surface area (Å²) in [5.41, 5.74) is 4.36. The summed E-state index contributed by atoms with van der Waals surface area (Å²) in [6.45, 7) is 4.13. The van der Waals surface area contributed by atoms with Crippen LogP contribution in [0.15, 0.2) is 84.0 Å². The highest BCUT2D eigenvalue weighted by atomic mass is 32.2. The van der Waals surface area contributed by atoms with Crippen molar-refractivity contribution in [2.75, 3.05) is 12.4 Å². The Balaban J connectivity index is 1.68. The standard InChI is InChI=1S/C27H25N3O3S/c1-3-34(31,32)22-10-6-9-21(17-22)30-26-23(24-16-19(2)18-29-27(24)30)11-7-12-25(26)33-15-13-20-8-4-5-14-28-20/h4-12,14,16-18H,3,13,15H2,1-2H3. The van der Waals surface area contributed by atoms with Gasteiger partial charge in [0.2, 0.25) is 0 Å². The van der Waals surface area contributed by atoms with Crippen molar-refractivity contribution < 1.29 is 13.2 Å². The molecule has 0 radical (unpaired) electrons. The Morgan fingerprint density at radius 1 is 0.941 bits per heavy atom. The molecule has 3 heterocycles. The Morgan fingerprint density at radius 3 is 2.59 bits per heavy atom. The van der Waals surface area contributed by atoms with Gasteiger partial charge in [0.15, 0.2) is 9.84 Å². The summed E-state index contributed by atoms with van der Waals surface area (Å²) in [5, 5.41) is 2.00. The molecule has 0 saturated carbocycles. The zero-order valence-corrected chi connectivity index (χ0v) is 19.9. The van der Waals surface area contributed by atoms with Crippen molar-refractivity contribution in [3.05, 3.63) is 90.4 Å². The van der Waals surface area contributed by atoms with Gasteiger partial charge in [-0.05, 0) is 55.0 Å². The second-order valence-corrected chi connectivity index (χ2v) is 10.5. The molecule has 0 amide bonds. The van der Waals surface area contributed by atoms with Crippen LogP contribution >= 0.6 is 0 Å². The predicted octanol–water partition coefficient (Wildman–Crippen LogP) is 5.30. The number of para-hydroxylation sites is 1. The summed E-state index contributed by atoms with van der Waals surface area (Å²) in [6.07, 6.45) is 4.28. The van der Waals surface area contributed by atoms with Crippen molar-refractivity contribution in [1.29, 1.82) is 0 Å². The predicted molar refractivity (Wildman–Crippen MR) is 134 cm³/mol. The molecule has 7 heteroatoms. The van der Waals surface area contributed by atoms with Gasteiger partial charge < -0.3 is 4.74 Å². The number of benzene rings is 2. The molecule has 172 valence electrons. The zero-order chi connectivity index (χ0) is 23.7. The Morgan fingerprint density at radius 2 is 1.79 bits per heavy atom. The van der Waals surface area contributed by atoms with Crippen molar-refractivity contribution in [1.82, 2.24) is 14.5 Å². The number of aromatic nitrogens is 3. The zero-order valence-electron chi connectivity index (χ0n) is 19.1. The van der Waals surface area contributed by atoms with E-state index in [0.29, 0.717) is 23.7 Å². The highest BCUT2D eigenvalue weighted by Gasteiger charge is 2.19. The number of sulfone groups is 1. The molecule has 0 N–H and O–H groups in total. The first-order chi connectivity index (χ1) is 16.5. The van der Waals surface area contributed by atoms with Gasteiger partial charge in [-0.2, -0.15) is 0 Å². The van der Waals surface area contributed by atoms with Gasteiger partial charge in [0, 0.05) is 41.0 Å². The van der Waals surface area contributed by atoms with E-state index in [1.54, 1.807) is 31.3 Å². The first-order valence-corrected chi connectivity index (χ1v) is 12.9. The molecule has 0 spiro atoms. The number of rotatable bonds is 7. The molecule has 5 rings (SSSR count). The van der Waals surface area contributed by atoms with Crippen LogP contribution in [0, 0.1) is 6.92 Å². The molecule has 5 aromatic rings. The molecule has 2 aromatic carbocycles. The molecule has 0 fully saturated rings. The first-order valence-electron chi connectivity index (χ1n) is 11.2. The summed E-state index contributed by atoms with van der Waals surface area (Å²) in [7, 11) is -3.35. The summed E-state index contributed by atoms with van der Waals surface area (Å²) in [4.78, 5) is 9.39. The highest BCUT2D eigenvalue weighted by Crippen LogP contribution is 2.37. The van der Waals surface area contributed by atoms with E-state index in [1.807, 2.05) is 60.2 Å². The number of ether oxygens (including phenoxy) is 1. The maximum atomic E-state index is 12.6. The largest absolute Gasteiger partial charge is 0.491 e. The summed E-state index contributed by atoms with van der Waals surface area (Å²) in [5.74, 6) is 0.760. The number of pyridine rings is 2. The molecule has 34 heavy (non-hydrogen) atoms. The summed E-state index contributed by atoms with van der Waals surface area (Å²) in [6, 6.07) is 20.9. The van der Waals surface area contributed by atoms with Gasteiger partial charge in [-0.1, -0.05) is 31.2 Å². The molecule has 0 unspecified atom stereocenters. The lowest BCUT2D eigenvalue weighted by molar-refractivity contribution is 0.323. The van der Waals surface area contributed by atoms with Gasteiger partial charge in [0.25, 0.3) is 0 Å². The van der Waals surface area contributed by atoms with Gasteiger partial charge in [-0.25, -0.2) is 13.4 Å². The third-order valence-corrected chi connectivity index (χ3v) is 7.62. The average molecular weight is 472 g/mol. The van der Waals surface area contributed by atoms with Crippen molar-refractivity contribution in [3.8, 4) is 11.4 Å². The van der Waals surface area contributed by atoms with Crippen LogP contribution in [0.1, 0.15) is 18.2 Å². The number of hydrogen-bond acceptors (Lipinski definition) is 5. The fourth-order valence-electron chi connectivity index (χ4n) is 4.18. The van der Waals surface area contributed by atoms with Crippen LogP contribution in [-0.2, 0) is 16.3 Å². The highest BCUT2D eigenvalue weighted by molar-refractivity contribution is 7.91. The van der Waals surface area contributed by atoms with Crippen LogP contribution in [-0.4, -0.2) is 35.3 Å². The average Bonchev–Trinajstić information content (AvgIpc) is 3.19. The first kappa shape index (κ1) is 22.1. The number of hydrogen-bond donors (Lipinski definition) is 0. The smallest absolute Gasteiger partial charge is 0.178 e. The molecule has 0 bridgehead atoms. The normalized spacial score (nSPS) is 11.8. The number of nitrogens with zero attached hydrogens (tertiary/aromatic N) is 3. The third-order valence-electron chi connectivity index (χ3n) is 5.88. The summed E-state index contributed by atoms with van der Waals surface area (Å²) >= 11 is 0. The maximum absolute atomic E-state index is 12.6. The maximum Gasteiger partial charge on any atom is 0.178 e. The van der Waals surface area contributed by atoms with E-state index in [2.05, 4.69) is 11.1 Å². The minimum Gasteiger partial charge on any atom is -0.491 e. The molecule has 0 saturated heterocycles. The fourth-order valence-corrected chi connectivity index (χ4v) is 5.10. The Labute approximate surface area is 198 Å². The number of aryl methyl sites for hydroxylation is 1. The van der Waals surface area contributed by atoms with Crippen molar-refractivity contribution in [3.63, 3.8) is 0 Å². The molecule has 0 atom stereocenters. The molecular weight excluding hydrogens is 446 g/mol.